The van der Waals surface area contributed by atoms with E-state index >= 15 is 0 Å². The Morgan fingerprint density at radius 3 is 1.97 bits per heavy atom. The summed E-state index contributed by atoms with van der Waals surface area (Å²) < 4.78 is 62.5. The predicted molar refractivity (Wildman–Crippen MR) is 117 cm³/mol. The first kappa shape index (κ1) is 22.4. The Balaban J connectivity index is 1.66. The van der Waals surface area contributed by atoms with Gasteiger partial charge in [0.1, 0.15) is 12.2 Å². The zero-order valence-electron chi connectivity index (χ0n) is 18.2. The smallest absolute Gasteiger partial charge is 0.621 e. The number of para-hydroxylation sites is 2. The molecule has 1 saturated heterocycles. The molecular weight excluding hydrogens is 466 g/mol. The number of hydrogen-bond acceptors (Lipinski definition) is 6. The van der Waals surface area contributed by atoms with Gasteiger partial charge in [-0.3, -0.25) is 0 Å². The number of aliphatic hydroxyl groups is 3. The first-order chi connectivity index (χ1) is 16.7. The van der Waals surface area contributed by atoms with Crippen molar-refractivity contribution in [1.29, 1.82) is 0 Å². The van der Waals surface area contributed by atoms with Gasteiger partial charge < -0.3 is 33.8 Å². The summed E-state index contributed by atoms with van der Waals surface area (Å²) in [5, 5.41) is 30.6. The number of nitrogens with zero attached hydrogens (tertiary/aromatic N) is 1. The highest BCUT2D eigenvalue weighted by atomic mass is 19.4. The van der Waals surface area contributed by atoms with Crippen molar-refractivity contribution in [2.75, 3.05) is 6.61 Å². The van der Waals surface area contributed by atoms with Crippen LogP contribution in [-0.2, 0) is 10.9 Å². The number of fused-ring (bicyclic) bond motifs is 4. The Labute approximate surface area is 197 Å². The molecule has 0 bridgehead atoms. The van der Waals surface area contributed by atoms with Crippen molar-refractivity contribution in [2.45, 2.75) is 36.9 Å². The third-order valence-corrected chi connectivity index (χ3v) is 6.96. The van der Waals surface area contributed by atoms with Gasteiger partial charge in [-0.05, 0) is 30.7 Å². The van der Waals surface area contributed by atoms with E-state index in [4.69, 9.17) is 14.0 Å². The van der Waals surface area contributed by atoms with Crippen molar-refractivity contribution >= 4 is 6.69 Å². The average molecular weight is 487 g/mol. The summed E-state index contributed by atoms with van der Waals surface area (Å²) in [5.41, 5.74) is 0.489. The summed E-state index contributed by atoms with van der Waals surface area (Å²) in [4.78, 5) is 0. The Kier molecular flexibility index (Phi) is 4.91. The van der Waals surface area contributed by atoms with Crippen LogP contribution in [0.1, 0.15) is 12.0 Å². The van der Waals surface area contributed by atoms with Crippen LogP contribution in [-0.4, -0.2) is 52.9 Å². The summed E-state index contributed by atoms with van der Waals surface area (Å²) in [6, 6.07) is 14.4. The normalized spacial score (nSPS) is 26.0. The molecule has 7 nitrogen and oxygen atoms in total. The number of halogens is 3. The lowest BCUT2D eigenvalue weighted by atomic mass is 9.57. The third-order valence-electron chi connectivity index (χ3n) is 6.96. The van der Waals surface area contributed by atoms with E-state index in [0.717, 1.165) is 12.1 Å². The summed E-state index contributed by atoms with van der Waals surface area (Å²) in [7, 11) is 0. The molecule has 6 rings (SSSR count). The number of aliphatic hydroxyl groups excluding tert-OH is 3. The van der Waals surface area contributed by atoms with Crippen LogP contribution in [0.3, 0.4) is 0 Å². The molecule has 3 N–H and O–H groups in total. The number of pyridine rings is 1. The number of ether oxygens (including phenoxy) is 1. The lowest BCUT2D eigenvalue weighted by molar-refractivity contribution is -0.559. The van der Waals surface area contributed by atoms with Gasteiger partial charge in [-0.2, -0.15) is 13.2 Å². The maximum absolute atomic E-state index is 14.0. The van der Waals surface area contributed by atoms with Gasteiger partial charge in [0.05, 0.1) is 46.9 Å². The molecule has 4 heterocycles. The monoisotopic (exact) mass is 487 g/mol. The molecule has 0 saturated carbocycles. The molecule has 11 heteroatoms. The van der Waals surface area contributed by atoms with E-state index in [9.17, 15) is 28.5 Å². The van der Waals surface area contributed by atoms with Gasteiger partial charge in [0.15, 0.2) is 11.4 Å². The zero-order valence-corrected chi connectivity index (χ0v) is 18.2. The molecule has 2 aromatic carbocycles. The molecule has 4 atom stereocenters. The van der Waals surface area contributed by atoms with Gasteiger partial charge in [0, 0.05) is 12.1 Å². The lowest BCUT2D eigenvalue weighted by Crippen LogP contribution is -2.84. The van der Waals surface area contributed by atoms with E-state index < -0.39 is 49.3 Å². The van der Waals surface area contributed by atoms with Crippen LogP contribution in [0.15, 0.2) is 60.7 Å². The second-order valence-electron chi connectivity index (χ2n) is 9.03. The average Bonchev–Trinajstić information content (AvgIpc) is 2.84. The molecule has 35 heavy (non-hydrogen) atoms. The van der Waals surface area contributed by atoms with Crippen molar-refractivity contribution in [1.82, 2.24) is 0 Å². The molecule has 0 aliphatic carbocycles. The lowest BCUT2D eigenvalue weighted by Gasteiger charge is -2.50. The van der Waals surface area contributed by atoms with E-state index in [1.165, 1.54) is 0 Å². The van der Waals surface area contributed by atoms with Crippen molar-refractivity contribution in [3.05, 3.63) is 66.2 Å². The number of benzene rings is 2. The van der Waals surface area contributed by atoms with Crippen LogP contribution in [0.5, 0.6) is 11.5 Å². The van der Waals surface area contributed by atoms with E-state index in [1.807, 2.05) is 0 Å². The van der Waals surface area contributed by atoms with E-state index in [2.05, 4.69) is 0 Å². The summed E-state index contributed by atoms with van der Waals surface area (Å²) >= 11 is 0. The maximum Gasteiger partial charge on any atom is 0.682 e. The number of alkyl halides is 3. The molecule has 182 valence electrons. The Morgan fingerprint density at radius 2 is 1.46 bits per heavy atom. The fraction of sp³-hybridized carbons (Fsp3) is 0.292. The molecule has 0 radical (unpaired) electrons. The van der Waals surface area contributed by atoms with Crippen LogP contribution < -0.4 is 13.8 Å². The summed E-state index contributed by atoms with van der Waals surface area (Å²) in [5.74, 6) is 0.587. The number of hydrogen-bond donors (Lipinski definition) is 3. The van der Waals surface area contributed by atoms with Crippen LogP contribution >= 0.6 is 0 Å². The topological polar surface area (TPSA) is 92.3 Å². The Morgan fingerprint density at radius 1 is 0.914 bits per heavy atom. The van der Waals surface area contributed by atoms with Gasteiger partial charge in [-0.25, -0.2) is 0 Å². The predicted octanol–water partition coefficient (Wildman–Crippen LogP) is 2.31. The van der Waals surface area contributed by atoms with Crippen molar-refractivity contribution in [3.63, 3.8) is 0 Å². The first-order valence-corrected chi connectivity index (χ1v) is 11.2. The summed E-state index contributed by atoms with van der Waals surface area (Å²) in [6.07, 6.45) is -8.48. The maximum atomic E-state index is 14.0. The van der Waals surface area contributed by atoms with Crippen LogP contribution in [0.4, 0.5) is 13.2 Å². The second kappa shape index (κ2) is 7.69. The van der Waals surface area contributed by atoms with Crippen molar-refractivity contribution in [2.24, 2.45) is 0 Å². The highest BCUT2D eigenvalue weighted by Crippen LogP contribution is 2.46. The van der Waals surface area contributed by atoms with Crippen LogP contribution in [0.2, 0.25) is 0 Å². The fourth-order valence-corrected chi connectivity index (χ4v) is 5.35. The van der Waals surface area contributed by atoms with Crippen LogP contribution in [0.25, 0.3) is 22.5 Å². The Bertz CT molecular complexity index is 1250. The molecule has 0 unspecified atom stereocenters. The molecule has 3 aromatic rings. The highest BCUT2D eigenvalue weighted by molar-refractivity contribution is 6.62. The van der Waals surface area contributed by atoms with Gasteiger partial charge in [0.2, 0.25) is 0 Å². The largest absolute Gasteiger partial charge is 0.682 e. The number of rotatable bonds is 2. The molecule has 0 spiro atoms. The van der Waals surface area contributed by atoms with Gasteiger partial charge in [-0.1, -0.05) is 24.3 Å². The molecular formula is C24H21BF3NO6. The van der Waals surface area contributed by atoms with E-state index in [-0.39, 0.29) is 17.8 Å². The standard InChI is InChI=1S/C24H21BF3NO6/c26-24(27,28)13-9-16-14-5-1-3-7-19(14)34-25(22-11-18(31)23(32)21(12-30)33-22)29(16)17(10-13)15-6-2-4-8-20(15)35-25/h1-10,18,21-23,30-32H,11-12H2/t18-,21-,22+,23+/m1/s1. The first-order valence-electron chi connectivity index (χ1n) is 11.2. The van der Waals surface area contributed by atoms with E-state index in [0.29, 0.717) is 22.6 Å². The molecule has 3 aliphatic rings. The SMILES string of the molecule is OC[C@H]1O[C@H]([B-]23Oc4ccccc4-c4cc(C(F)(F)F)cc([n+]42)-c2ccccc2O3)C[C@@H](O)[C@@H]1O. The van der Waals surface area contributed by atoms with Crippen LogP contribution in [0, 0.1) is 0 Å². The van der Waals surface area contributed by atoms with Gasteiger partial charge in [0.25, 0.3) is 0 Å². The quantitative estimate of drug-likeness (QED) is 0.481. The molecule has 1 aromatic heterocycles. The fourth-order valence-electron chi connectivity index (χ4n) is 5.35. The molecule has 0 amide bonds. The van der Waals surface area contributed by atoms with Crippen molar-refractivity contribution in [3.8, 4) is 34.0 Å². The molecule has 3 aliphatic heterocycles. The minimum absolute atomic E-state index is 0.130. The van der Waals surface area contributed by atoms with Gasteiger partial charge in [-0.15, -0.1) is 0 Å². The van der Waals surface area contributed by atoms with Crippen molar-refractivity contribution < 1.29 is 47.0 Å². The highest BCUT2D eigenvalue weighted by Gasteiger charge is 2.64. The van der Waals surface area contributed by atoms with Gasteiger partial charge >= 0.3 is 12.9 Å². The zero-order chi connectivity index (χ0) is 24.5. The second-order valence-corrected chi connectivity index (χ2v) is 9.03. The molecule has 1 fully saturated rings. The summed E-state index contributed by atoms with van der Waals surface area (Å²) in [6.45, 7) is -3.35. The minimum atomic E-state index is -4.61. The Hall–Kier alpha value is -3.12. The third kappa shape index (κ3) is 3.26. The number of aromatic nitrogens is 1. The van der Waals surface area contributed by atoms with E-state index in [1.54, 1.807) is 53.0 Å². The minimum Gasteiger partial charge on any atom is -0.621 e.